The van der Waals surface area contributed by atoms with Crippen molar-refractivity contribution in [2.45, 2.75) is 20.8 Å². The van der Waals surface area contributed by atoms with Crippen LogP contribution in [0.3, 0.4) is 0 Å². The Morgan fingerprint density at radius 2 is 1.89 bits per heavy atom. The minimum atomic E-state index is 0.566. The number of hydrogen-bond acceptors (Lipinski definition) is 4. The van der Waals surface area contributed by atoms with Crippen molar-refractivity contribution >= 4 is 5.95 Å². The van der Waals surface area contributed by atoms with Gasteiger partial charge in [-0.3, -0.25) is 0 Å². The highest BCUT2D eigenvalue weighted by molar-refractivity contribution is 5.65. The molecular formula is C15H20N4. The summed E-state index contributed by atoms with van der Waals surface area (Å²) in [5, 5.41) is 3.13. The Morgan fingerprint density at radius 1 is 1.11 bits per heavy atom. The van der Waals surface area contributed by atoms with Gasteiger partial charge in [-0.25, -0.2) is 9.97 Å². The van der Waals surface area contributed by atoms with Crippen LogP contribution in [0.5, 0.6) is 0 Å². The van der Waals surface area contributed by atoms with Gasteiger partial charge in [0.2, 0.25) is 5.95 Å². The standard InChI is InChI=1S/C15H20N4/c1-10-4-5-11(2)13(8-10)14-9-12(3)18-15(19-14)17-7-6-16/h4-5,8-9H,6-7,16H2,1-3H3,(H,17,18,19). The first-order valence-electron chi connectivity index (χ1n) is 6.47. The number of rotatable bonds is 4. The van der Waals surface area contributed by atoms with Gasteiger partial charge in [0.15, 0.2) is 0 Å². The predicted molar refractivity (Wildman–Crippen MR) is 79.2 cm³/mol. The maximum absolute atomic E-state index is 5.49. The van der Waals surface area contributed by atoms with Crippen molar-refractivity contribution in [1.82, 2.24) is 9.97 Å². The summed E-state index contributed by atoms with van der Waals surface area (Å²) in [6.07, 6.45) is 0. The highest BCUT2D eigenvalue weighted by Crippen LogP contribution is 2.24. The molecule has 2 rings (SSSR count). The van der Waals surface area contributed by atoms with Gasteiger partial charge in [-0.2, -0.15) is 0 Å². The van der Waals surface area contributed by atoms with Gasteiger partial charge in [-0.05, 0) is 38.5 Å². The van der Waals surface area contributed by atoms with Crippen molar-refractivity contribution in [1.29, 1.82) is 0 Å². The smallest absolute Gasteiger partial charge is 0.223 e. The van der Waals surface area contributed by atoms with Crippen molar-refractivity contribution in [3.8, 4) is 11.3 Å². The molecular weight excluding hydrogens is 236 g/mol. The van der Waals surface area contributed by atoms with E-state index in [0.717, 1.165) is 17.0 Å². The van der Waals surface area contributed by atoms with Crippen LogP contribution in [-0.2, 0) is 0 Å². The van der Waals surface area contributed by atoms with Crippen molar-refractivity contribution < 1.29 is 0 Å². The van der Waals surface area contributed by atoms with Crippen LogP contribution in [0.15, 0.2) is 24.3 Å². The number of anilines is 1. The topological polar surface area (TPSA) is 63.8 Å². The zero-order valence-electron chi connectivity index (χ0n) is 11.7. The minimum absolute atomic E-state index is 0.566. The van der Waals surface area contributed by atoms with Crippen LogP contribution in [0.25, 0.3) is 11.3 Å². The van der Waals surface area contributed by atoms with Crippen LogP contribution in [-0.4, -0.2) is 23.1 Å². The van der Waals surface area contributed by atoms with Crippen LogP contribution in [0.4, 0.5) is 5.95 Å². The summed E-state index contributed by atoms with van der Waals surface area (Å²) in [7, 11) is 0. The lowest BCUT2D eigenvalue weighted by Gasteiger charge is -2.10. The van der Waals surface area contributed by atoms with Gasteiger partial charge in [0.05, 0.1) is 5.69 Å². The van der Waals surface area contributed by atoms with Crippen molar-refractivity contribution in [3.63, 3.8) is 0 Å². The lowest BCUT2D eigenvalue weighted by molar-refractivity contribution is 0.981. The molecule has 0 atom stereocenters. The molecule has 0 radical (unpaired) electrons. The minimum Gasteiger partial charge on any atom is -0.353 e. The molecule has 3 N–H and O–H groups in total. The van der Waals surface area contributed by atoms with Gasteiger partial charge in [-0.1, -0.05) is 17.7 Å². The third-order valence-electron chi connectivity index (χ3n) is 2.95. The molecule has 1 heterocycles. The summed E-state index contributed by atoms with van der Waals surface area (Å²) in [6, 6.07) is 8.40. The van der Waals surface area contributed by atoms with E-state index in [9.17, 15) is 0 Å². The number of aromatic nitrogens is 2. The van der Waals surface area contributed by atoms with E-state index in [1.165, 1.54) is 11.1 Å². The molecule has 0 aliphatic rings. The van der Waals surface area contributed by atoms with E-state index in [4.69, 9.17) is 5.73 Å². The number of benzene rings is 1. The molecule has 0 saturated carbocycles. The molecule has 0 unspecified atom stereocenters. The van der Waals surface area contributed by atoms with Gasteiger partial charge >= 0.3 is 0 Å². The maximum atomic E-state index is 5.49. The van der Waals surface area contributed by atoms with E-state index in [1.807, 2.05) is 13.0 Å². The third kappa shape index (κ3) is 3.29. The van der Waals surface area contributed by atoms with E-state index in [-0.39, 0.29) is 0 Å². The van der Waals surface area contributed by atoms with Crippen LogP contribution < -0.4 is 11.1 Å². The van der Waals surface area contributed by atoms with E-state index in [2.05, 4.69) is 47.3 Å². The summed E-state index contributed by atoms with van der Waals surface area (Å²) >= 11 is 0. The molecule has 0 fully saturated rings. The second kappa shape index (κ2) is 5.80. The lowest BCUT2D eigenvalue weighted by Crippen LogP contribution is -2.15. The number of nitrogens with one attached hydrogen (secondary N) is 1. The molecule has 0 amide bonds. The zero-order chi connectivity index (χ0) is 13.8. The van der Waals surface area contributed by atoms with Crippen LogP contribution >= 0.6 is 0 Å². The first-order chi connectivity index (χ1) is 9.10. The Hall–Kier alpha value is -1.94. The largest absolute Gasteiger partial charge is 0.353 e. The Morgan fingerprint density at radius 3 is 2.63 bits per heavy atom. The fraction of sp³-hybridized carbons (Fsp3) is 0.333. The summed E-state index contributed by atoms with van der Waals surface area (Å²) in [5.41, 5.74) is 11.0. The number of nitrogens with zero attached hydrogens (tertiary/aromatic N) is 2. The molecule has 1 aromatic heterocycles. The highest BCUT2D eigenvalue weighted by Gasteiger charge is 2.07. The molecule has 4 heteroatoms. The Kier molecular flexibility index (Phi) is 4.12. The first-order valence-corrected chi connectivity index (χ1v) is 6.47. The highest BCUT2D eigenvalue weighted by atomic mass is 15.1. The molecule has 19 heavy (non-hydrogen) atoms. The third-order valence-corrected chi connectivity index (χ3v) is 2.95. The summed E-state index contributed by atoms with van der Waals surface area (Å²) in [5.74, 6) is 0.640. The molecule has 0 aliphatic carbocycles. The zero-order valence-corrected chi connectivity index (χ0v) is 11.7. The summed E-state index contributed by atoms with van der Waals surface area (Å²) in [6.45, 7) is 7.40. The van der Waals surface area contributed by atoms with Crippen molar-refractivity contribution in [2.24, 2.45) is 5.73 Å². The molecule has 0 aliphatic heterocycles. The second-order valence-electron chi connectivity index (χ2n) is 4.75. The van der Waals surface area contributed by atoms with Crippen molar-refractivity contribution in [3.05, 3.63) is 41.1 Å². The molecule has 0 bridgehead atoms. The summed E-state index contributed by atoms with van der Waals surface area (Å²) < 4.78 is 0. The predicted octanol–water partition coefficient (Wildman–Crippen LogP) is 2.44. The lowest BCUT2D eigenvalue weighted by atomic mass is 10.0. The molecule has 0 saturated heterocycles. The number of aryl methyl sites for hydroxylation is 3. The number of nitrogens with two attached hydrogens (primary N) is 1. The SMILES string of the molecule is Cc1ccc(C)c(-c2cc(C)nc(NCCN)n2)c1. The molecule has 2 aromatic rings. The van der Waals surface area contributed by atoms with Crippen LogP contribution in [0, 0.1) is 20.8 Å². The normalized spacial score (nSPS) is 10.5. The van der Waals surface area contributed by atoms with E-state index in [1.54, 1.807) is 0 Å². The molecule has 1 aromatic carbocycles. The molecule has 100 valence electrons. The number of hydrogen-bond donors (Lipinski definition) is 2. The average Bonchev–Trinajstić information content (AvgIpc) is 2.38. The van der Waals surface area contributed by atoms with Gasteiger partial charge in [0.1, 0.15) is 0 Å². The molecule has 0 spiro atoms. The Bertz CT molecular complexity index is 578. The van der Waals surface area contributed by atoms with Gasteiger partial charge in [0.25, 0.3) is 0 Å². The van der Waals surface area contributed by atoms with E-state index >= 15 is 0 Å². The van der Waals surface area contributed by atoms with Gasteiger partial charge in [-0.15, -0.1) is 0 Å². The fourth-order valence-electron chi connectivity index (χ4n) is 1.98. The van der Waals surface area contributed by atoms with Gasteiger partial charge < -0.3 is 11.1 Å². The molecule has 4 nitrogen and oxygen atoms in total. The maximum Gasteiger partial charge on any atom is 0.223 e. The van der Waals surface area contributed by atoms with Crippen LogP contribution in [0.2, 0.25) is 0 Å². The summed E-state index contributed by atoms with van der Waals surface area (Å²) in [4.78, 5) is 8.94. The second-order valence-corrected chi connectivity index (χ2v) is 4.75. The Labute approximate surface area is 114 Å². The average molecular weight is 256 g/mol. The van der Waals surface area contributed by atoms with Gasteiger partial charge in [0, 0.05) is 24.3 Å². The van der Waals surface area contributed by atoms with E-state index in [0.29, 0.717) is 19.0 Å². The quantitative estimate of drug-likeness (QED) is 0.882. The van der Waals surface area contributed by atoms with Crippen LogP contribution in [0.1, 0.15) is 16.8 Å². The van der Waals surface area contributed by atoms with Crippen molar-refractivity contribution in [2.75, 3.05) is 18.4 Å². The Balaban J connectivity index is 2.43. The van der Waals surface area contributed by atoms with E-state index < -0.39 is 0 Å². The first kappa shape index (κ1) is 13.5. The monoisotopic (exact) mass is 256 g/mol. The fourth-order valence-corrected chi connectivity index (χ4v) is 1.98.